The van der Waals surface area contributed by atoms with Crippen LogP contribution < -0.4 is 10.6 Å². The predicted octanol–water partition coefficient (Wildman–Crippen LogP) is 2.40. The van der Waals surface area contributed by atoms with E-state index >= 15 is 0 Å². The maximum absolute atomic E-state index is 12.2. The Morgan fingerprint density at radius 1 is 1.32 bits per heavy atom. The first-order chi connectivity index (χ1) is 10.7. The molecule has 2 aromatic carbocycles. The highest BCUT2D eigenvalue weighted by Crippen LogP contribution is 2.20. The summed E-state index contributed by atoms with van der Waals surface area (Å²) in [6.07, 6.45) is 0.456. The number of carbonyl (C=O) groups is 1. The molecule has 116 valence electrons. The Bertz CT molecular complexity index is 650. The zero-order chi connectivity index (χ0) is 15.4. The van der Waals surface area contributed by atoms with E-state index in [1.165, 1.54) is 10.8 Å². The summed E-state index contributed by atoms with van der Waals surface area (Å²) < 4.78 is 5.38. The number of nitrogens with one attached hydrogen (secondary N) is 2. The lowest BCUT2D eigenvalue weighted by Gasteiger charge is -2.24. The molecule has 0 saturated carbocycles. The molecule has 0 spiro atoms. The molecule has 4 nitrogen and oxygen atoms in total. The third-order valence-corrected chi connectivity index (χ3v) is 4.08. The molecule has 3 rings (SSSR count). The van der Waals surface area contributed by atoms with Crippen LogP contribution >= 0.6 is 0 Å². The van der Waals surface area contributed by atoms with Crippen LogP contribution in [0, 0.1) is 0 Å². The number of fused-ring (bicyclic) bond motifs is 1. The molecular formula is C18H22N2O2. The summed E-state index contributed by atoms with van der Waals surface area (Å²) in [5.41, 5.74) is 1.12. The fraction of sp³-hybridized carbons (Fsp3) is 0.389. The molecule has 2 atom stereocenters. The van der Waals surface area contributed by atoms with Gasteiger partial charge in [0.05, 0.1) is 19.3 Å². The van der Waals surface area contributed by atoms with Gasteiger partial charge in [-0.3, -0.25) is 4.79 Å². The van der Waals surface area contributed by atoms with Crippen LogP contribution in [0.15, 0.2) is 42.5 Å². The fourth-order valence-corrected chi connectivity index (χ4v) is 2.84. The molecule has 2 unspecified atom stereocenters. The molecule has 1 fully saturated rings. The van der Waals surface area contributed by atoms with Gasteiger partial charge in [0.15, 0.2) is 0 Å². The standard InChI is InChI=1S/C18H22N2O2/c1-13(20-18(21)11-17-12-22-9-8-19-17)15-7-6-14-4-2-3-5-16(14)10-15/h2-7,10,13,17,19H,8-9,11-12H2,1H3,(H,20,21). The second-order valence-corrected chi connectivity index (χ2v) is 5.83. The van der Waals surface area contributed by atoms with E-state index in [4.69, 9.17) is 4.74 Å². The minimum Gasteiger partial charge on any atom is -0.378 e. The molecule has 0 aromatic heterocycles. The molecule has 1 heterocycles. The summed E-state index contributed by atoms with van der Waals surface area (Å²) in [6, 6.07) is 14.7. The quantitative estimate of drug-likeness (QED) is 0.911. The van der Waals surface area contributed by atoms with E-state index in [9.17, 15) is 4.79 Å². The van der Waals surface area contributed by atoms with E-state index in [2.05, 4.69) is 41.0 Å². The van der Waals surface area contributed by atoms with E-state index in [0.717, 1.165) is 18.7 Å². The Kier molecular flexibility index (Phi) is 4.71. The Labute approximate surface area is 130 Å². The highest BCUT2D eigenvalue weighted by Gasteiger charge is 2.18. The summed E-state index contributed by atoms with van der Waals surface area (Å²) >= 11 is 0. The monoisotopic (exact) mass is 298 g/mol. The summed E-state index contributed by atoms with van der Waals surface area (Å²) in [7, 11) is 0. The normalized spacial score (nSPS) is 19.8. The molecule has 0 aliphatic carbocycles. The van der Waals surface area contributed by atoms with Crippen LogP contribution in [-0.4, -0.2) is 31.7 Å². The molecule has 1 aliphatic heterocycles. The summed E-state index contributed by atoms with van der Waals surface area (Å²) in [5, 5.41) is 8.79. The molecule has 4 heteroatoms. The van der Waals surface area contributed by atoms with Crippen molar-refractivity contribution in [2.45, 2.75) is 25.4 Å². The SMILES string of the molecule is CC(NC(=O)CC1COCCN1)c1ccc2ccccc2c1. The molecule has 0 bridgehead atoms. The molecular weight excluding hydrogens is 276 g/mol. The predicted molar refractivity (Wildman–Crippen MR) is 87.7 cm³/mol. The van der Waals surface area contributed by atoms with Gasteiger partial charge in [-0.05, 0) is 29.3 Å². The highest BCUT2D eigenvalue weighted by atomic mass is 16.5. The molecule has 22 heavy (non-hydrogen) atoms. The van der Waals surface area contributed by atoms with Gasteiger partial charge >= 0.3 is 0 Å². The molecule has 2 N–H and O–H groups in total. The number of benzene rings is 2. The number of hydrogen-bond donors (Lipinski definition) is 2. The van der Waals surface area contributed by atoms with Crippen LogP contribution in [0.3, 0.4) is 0 Å². The smallest absolute Gasteiger partial charge is 0.222 e. The van der Waals surface area contributed by atoms with Crippen molar-refractivity contribution in [3.05, 3.63) is 48.0 Å². The number of hydrogen-bond acceptors (Lipinski definition) is 3. The van der Waals surface area contributed by atoms with E-state index in [0.29, 0.717) is 13.0 Å². The second kappa shape index (κ2) is 6.90. The average Bonchev–Trinajstić information content (AvgIpc) is 2.55. The Morgan fingerprint density at radius 3 is 2.91 bits per heavy atom. The molecule has 1 saturated heterocycles. The molecule has 2 aromatic rings. The van der Waals surface area contributed by atoms with Crippen molar-refractivity contribution in [1.82, 2.24) is 10.6 Å². The van der Waals surface area contributed by atoms with Gasteiger partial charge in [0, 0.05) is 19.0 Å². The molecule has 1 amide bonds. The van der Waals surface area contributed by atoms with Crippen LogP contribution in [0.1, 0.15) is 24.9 Å². The molecule has 1 aliphatic rings. The lowest BCUT2D eigenvalue weighted by atomic mass is 10.0. The van der Waals surface area contributed by atoms with Gasteiger partial charge in [-0.25, -0.2) is 0 Å². The van der Waals surface area contributed by atoms with Gasteiger partial charge in [-0.15, -0.1) is 0 Å². The van der Waals surface area contributed by atoms with Crippen molar-refractivity contribution in [2.24, 2.45) is 0 Å². The van der Waals surface area contributed by atoms with E-state index < -0.39 is 0 Å². The van der Waals surface area contributed by atoms with E-state index in [1.54, 1.807) is 0 Å². The van der Waals surface area contributed by atoms with Gasteiger partial charge in [0.25, 0.3) is 0 Å². The number of carbonyl (C=O) groups excluding carboxylic acids is 1. The van der Waals surface area contributed by atoms with Gasteiger partial charge in [0.2, 0.25) is 5.91 Å². The van der Waals surface area contributed by atoms with Crippen LogP contribution in [-0.2, 0) is 9.53 Å². The van der Waals surface area contributed by atoms with Crippen LogP contribution in [0.25, 0.3) is 10.8 Å². The number of amides is 1. The van der Waals surface area contributed by atoms with E-state index in [-0.39, 0.29) is 18.0 Å². The topological polar surface area (TPSA) is 50.4 Å². The van der Waals surface area contributed by atoms with E-state index in [1.807, 2.05) is 19.1 Å². The second-order valence-electron chi connectivity index (χ2n) is 5.83. The minimum atomic E-state index is 0.00150. The first-order valence-corrected chi connectivity index (χ1v) is 7.81. The Hall–Kier alpha value is -1.91. The lowest BCUT2D eigenvalue weighted by Crippen LogP contribution is -2.44. The maximum atomic E-state index is 12.2. The highest BCUT2D eigenvalue weighted by molar-refractivity contribution is 5.83. The lowest BCUT2D eigenvalue weighted by molar-refractivity contribution is -0.122. The van der Waals surface area contributed by atoms with Crippen molar-refractivity contribution in [2.75, 3.05) is 19.8 Å². The Balaban J connectivity index is 1.62. The van der Waals surface area contributed by atoms with Crippen LogP contribution in [0.5, 0.6) is 0 Å². The van der Waals surface area contributed by atoms with Gasteiger partial charge in [-0.1, -0.05) is 36.4 Å². The van der Waals surface area contributed by atoms with Crippen molar-refractivity contribution in [3.63, 3.8) is 0 Å². The largest absolute Gasteiger partial charge is 0.378 e. The van der Waals surface area contributed by atoms with Gasteiger partial charge < -0.3 is 15.4 Å². The van der Waals surface area contributed by atoms with Gasteiger partial charge in [0.1, 0.15) is 0 Å². The first-order valence-electron chi connectivity index (χ1n) is 7.81. The fourth-order valence-electron chi connectivity index (χ4n) is 2.84. The summed E-state index contributed by atoms with van der Waals surface area (Å²) in [4.78, 5) is 12.2. The number of rotatable bonds is 4. The number of morpholine rings is 1. The third kappa shape index (κ3) is 3.64. The molecule has 0 radical (unpaired) electrons. The van der Waals surface area contributed by atoms with Crippen molar-refractivity contribution < 1.29 is 9.53 Å². The van der Waals surface area contributed by atoms with Crippen LogP contribution in [0.2, 0.25) is 0 Å². The zero-order valence-corrected chi connectivity index (χ0v) is 12.8. The number of ether oxygens (including phenoxy) is 1. The van der Waals surface area contributed by atoms with Crippen LogP contribution in [0.4, 0.5) is 0 Å². The third-order valence-electron chi connectivity index (χ3n) is 4.08. The van der Waals surface area contributed by atoms with Crippen molar-refractivity contribution in [3.8, 4) is 0 Å². The Morgan fingerprint density at radius 2 is 2.14 bits per heavy atom. The zero-order valence-electron chi connectivity index (χ0n) is 12.8. The van der Waals surface area contributed by atoms with Crippen molar-refractivity contribution in [1.29, 1.82) is 0 Å². The summed E-state index contributed by atoms with van der Waals surface area (Å²) in [6.45, 7) is 4.17. The summed E-state index contributed by atoms with van der Waals surface area (Å²) in [5.74, 6) is 0.0589. The first kappa shape index (κ1) is 15.0. The van der Waals surface area contributed by atoms with Gasteiger partial charge in [-0.2, -0.15) is 0 Å². The minimum absolute atomic E-state index is 0.00150. The van der Waals surface area contributed by atoms with Crippen molar-refractivity contribution >= 4 is 16.7 Å². The maximum Gasteiger partial charge on any atom is 0.222 e. The average molecular weight is 298 g/mol.